The number of likely N-dealkylation sites (N-methyl/N-ethyl adjacent to an activating group) is 1. The minimum absolute atomic E-state index is 0.00396. The Labute approximate surface area is 114 Å². The molecule has 1 rings (SSSR count). The molecule has 1 atom stereocenters. The lowest BCUT2D eigenvalue weighted by molar-refractivity contribution is -0.148. The molecule has 0 aromatic heterocycles. The molecule has 4 nitrogen and oxygen atoms in total. The van der Waals surface area contributed by atoms with E-state index in [1.165, 1.54) is 4.90 Å². The molecule has 0 spiro atoms. The van der Waals surface area contributed by atoms with Gasteiger partial charge in [0.1, 0.15) is 6.54 Å². The lowest BCUT2D eigenvalue weighted by Gasteiger charge is -2.22. The van der Waals surface area contributed by atoms with Gasteiger partial charge in [0.25, 0.3) is 0 Å². The van der Waals surface area contributed by atoms with Crippen LogP contribution in [0.15, 0.2) is 30.3 Å². The maximum absolute atomic E-state index is 12.3. The van der Waals surface area contributed by atoms with Gasteiger partial charge in [0, 0.05) is 7.05 Å². The normalized spacial score (nSPS) is 11.7. The van der Waals surface area contributed by atoms with Crippen molar-refractivity contribution in [3.8, 4) is 0 Å². The van der Waals surface area contributed by atoms with Crippen LogP contribution in [0.4, 0.5) is 0 Å². The number of esters is 1. The Morgan fingerprint density at radius 3 is 2.37 bits per heavy atom. The number of carbonyl (C=O) groups is 2. The second kappa shape index (κ2) is 7.56. The second-order valence-electron chi connectivity index (χ2n) is 4.37. The van der Waals surface area contributed by atoms with E-state index in [9.17, 15) is 9.59 Å². The number of carbonyl (C=O) groups excluding carboxylic acids is 2. The number of hydrogen-bond donors (Lipinski definition) is 0. The van der Waals surface area contributed by atoms with Crippen LogP contribution in [-0.4, -0.2) is 37.0 Å². The molecule has 0 saturated carbocycles. The summed E-state index contributed by atoms with van der Waals surface area (Å²) in [5.74, 6) is -0.636. The van der Waals surface area contributed by atoms with Gasteiger partial charge in [-0.3, -0.25) is 9.59 Å². The van der Waals surface area contributed by atoms with Crippen molar-refractivity contribution < 1.29 is 14.3 Å². The van der Waals surface area contributed by atoms with Gasteiger partial charge in [-0.05, 0) is 18.9 Å². The van der Waals surface area contributed by atoms with Crippen LogP contribution in [0, 0.1) is 0 Å². The fraction of sp³-hybridized carbons (Fsp3) is 0.467. The molecule has 1 aromatic carbocycles. The average molecular weight is 263 g/mol. The first kappa shape index (κ1) is 15.2. The Hall–Kier alpha value is -1.84. The Balaban J connectivity index is 2.71. The molecular formula is C15H21NO3. The van der Waals surface area contributed by atoms with Gasteiger partial charge in [0.05, 0.1) is 12.5 Å². The zero-order chi connectivity index (χ0) is 14.3. The van der Waals surface area contributed by atoms with E-state index in [1.807, 2.05) is 37.3 Å². The van der Waals surface area contributed by atoms with Crippen LogP contribution < -0.4 is 0 Å². The zero-order valence-corrected chi connectivity index (χ0v) is 11.8. The molecule has 0 heterocycles. The molecule has 0 aliphatic rings. The molecule has 1 unspecified atom stereocenters. The summed E-state index contributed by atoms with van der Waals surface area (Å²) in [6.07, 6.45) is 0.704. The number of amides is 1. The highest BCUT2D eigenvalue weighted by molar-refractivity contribution is 5.86. The van der Waals surface area contributed by atoms with Gasteiger partial charge in [-0.1, -0.05) is 37.3 Å². The van der Waals surface area contributed by atoms with Gasteiger partial charge >= 0.3 is 5.97 Å². The summed E-state index contributed by atoms with van der Waals surface area (Å²) in [5, 5.41) is 0. The maximum atomic E-state index is 12.3. The molecule has 0 aliphatic carbocycles. The van der Waals surface area contributed by atoms with E-state index in [0.29, 0.717) is 13.0 Å². The smallest absolute Gasteiger partial charge is 0.325 e. The summed E-state index contributed by atoms with van der Waals surface area (Å²) in [5.41, 5.74) is 0.978. The van der Waals surface area contributed by atoms with Crippen LogP contribution >= 0.6 is 0 Å². The van der Waals surface area contributed by atoms with Crippen molar-refractivity contribution in [1.29, 1.82) is 0 Å². The molecular weight excluding hydrogens is 242 g/mol. The van der Waals surface area contributed by atoms with E-state index in [2.05, 4.69) is 0 Å². The average Bonchev–Trinajstić information content (AvgIpc) is 2.40. The molecule has 19 heavy (non-hydrogen) atoms. The Kier molecular flexibility index (Phi) is 6.06. The molecule has 0 radical (unpaired) electrons. The van der Waals surface area contributed by atoms with Crippen molar-refractivity contribution in [3.05, 3.63) is 35.9 Å². The molecule has 0 fully saturated rings. The van der Waals surface area contributed by atoms with Gasteiger partial charge in [0.15, 0.2) is 0 Å². The predicted molar refractivity (Wildman–Crippen MR) is 73.7 cm³/mol. The van der Waals surface area contributed by atoms with Crippen LogP contribution in [-0.2, 0) is 14.3 Å². The highest BCUT2D eigenvalue weighted by Crippen LogP contribution is 2.21. The van der Waals surface area contributed by atoms with Gasteiger partial charge in [-0.25, -0.2) is 0 Å². The minimum Gasteiger partial charge on any atom is -0.465 e. The van der Waals surface area contributed by atoms with Crippen LogP contribution in [0.1, 0.15) is 31.7 Å². The van der Waals surface area contributed by atoms with Crippen molar-refractivity contribution in [1.82, 2.24) is 4.90 Å². The summed E-state index contributed by atoms with van der Waals surface area (Å²) < 4.78 is 4.85. The molecule has 1 aromatic rings. The second-order valence-corrected chi connectivity index (χ2v) is 4.37. The summed E-state index contributed by atoms with van der Waals surface area (Å²) in [6.45, 7) is 4.04. The summed E-state index contributed by atoms with van der Waals surface area (Å²) >= 11 is 0. The fourth-order valence-electron chi connectivity index (χ4n) is 1.98. The highest BCUT2D eigenvalue weighted by Gasteiger charge is 2.23. The van der Waals surface area contributed by atoms with Crippen molar-refractivity contribution in [2.45, 2.75) is 26.2 Å². The van der Waals surface area contributed by atoms with Gasteiger partial charge in [0.2, 0.25) is 5.91 Å². The lowest BCUT2D eigenvalue weighted by atomic mass is 9.95. The first-order chi connectivity index (χ1) is 9.10. The molecule has 0 saturated heterocycles. The van der Waals surface area contributed by atoms with Gasteiger partial charge < -0.3 is 9.64 Å². The summed E-state index contributed by atoms with van der Waals surface area (Å²) in [6, 6.07) is 9.62. The topological polar surface area (TPSA) is 46.6 Å². The standard InChI is InChI=1S/C15H21NO3/c1-4-13(12-9-7-6-8-10-12)15(18)16(3)11-14(17)19-5-2/h6-10,13H,4-5,11H2,1-3H3. The summed E-state index contributed by atoms with van der Waals surface area (Å²) in [7, 11) is 1.63. The molecule has 104 valence electrons. The number of nitrogens with zero attached hydrogens (tertiary/aromatic N) is 1. The van der Waals surface area contributed by atoms with Crippen molar-refractivity contribution in [3.63, 3.8) is 0 Å². The number of rotatable bonds is 6. The van der Waals surface area contributed by atoms with Crippen LogP contribution in [0.5, 0.6) is 0 Å². The third kappa shape index (κ3) is 4.39. The number of ether oxygens (including phenoxy) is 1. The van der Waals surface area contributed by atoms with E-state index in [4.69, 9.17) is 4.74 Å². The quantitative estimate of drug-likeness (QED) is 0.739. The molecule has 4 heteroatoms. The largest absolute Gasteiger partial charge is 0.465 e. The van der Waals surface area contributed by atoms with Crippen molar-refractivity contribution >= 4 is 11.9 Å². The van der Waals surface area contributed by atoms with E-state index in [-0.39, 0.29) is 24.3 Å². The first-order valence-electron chi connectivity index (χ1n) is 6.55. The van der Waals surface area contributed by atoms with Crippen LogP contribution in [0.2, 0.25) is 0 Å². The maximum Gasteiger partial charge on any atom is 0.325 e. The third-order valence-electron chi connectivity index (χ3n) is 2.96. The first-order valence-corrected chi connectivity index (χ1v) is 6.55. The predicted octanol–water partition coefficient (Wildman–Crippen LogP) is 2.20. The third-order valence-corrected chi connectivity index (χ3v) is 2.96. The molecule has 1 amide bonds. The van der Waals surface area contributed by atoms with Crippen molar-refractivity contribution in [2.24, 2.45) is 0 Å². The SMILES string of the molecule is CCOC(=O)CN(C)C(=O)C(CC)c1ccccc1. The Morgan fingerprint density at radius 1 is 1.21 bits per heavy atom. The van der Waals surface area contributed by atoms with Crippen molar-refractivity contribution in [2.75, 3.05) is 20.2 Å². The highest BCUT2D eigenvalue weighted by atomic mass is 16.5. The molecule has 0 aliphatic heterocycles. The van der Waals surface area contributed by atoms with E-state index in [0.717, 1.165) is 5.56 Å². The summed E-state index contributed by atoms with van der Waals surface area (Å²) in [4.78, 5) is 25.2. The monoisotopic (exact) mass is 263 g/mol. The number of benzene rings is 1. The van der Waals surface area contributed by atoms with Crippen LogP contribution in [0.3, 0.4) is 0 Å². The Bertz CT molecular complexity index is 417. The molecule has 0 N–H and O–H groups in total. The van der Waals surface area contributed by atoms with Gasteiger partial charge in [-0.15, -0.1) is 0 Å². The fourth-order valence-corrected chi connectivity index (χ4v) is 1.98. The lowest BCUT2D eigenvalue weighted by Crippen LogP contribution is -2.36. The van der Waals surface area contributed by atoms with Gasteiger partial charge in [-0.2, -0.15) is 0 Å². The zero-order valence-electron chi connectivity index (χ0n) is 11.8. The Morgan fingerprint density at radius 2 is 1.84 bits per heavy atom. The molecule has 0 bridgehead atoms. The van der Waals surface area contributed by atoms with E-state index in [1.54, 1.807) is 14.0 Å². The van der Waals surface area contributed by atoms with Crippen LogP contribution in [0.25, 0.3) is 0 Å². The number of hydrogen-bond acceptors (Lipinski definition) is 3. The van der Waals surface area contributed by atoms with E-state index < -0.39 is 0 Å². The van der Waals surface area contributed by atoms with E-state index >= 15 is 0 Å². The minimum atomic E-state index is -0.374.